The number of aromatic amines is 1. The molecule has 0 aliphatic rings. The van der Waals surface area contributed by atoms with Crippen LogP contribution in [0.1, 0.15) is 21.6 Å². The first-order valence-corrected chi connectivity index (χ1v) is 12.4. The Morgan fingerprint density at radius 3 is 2.58 bits per heavy atom. The number of carbonyl (C=O) groups is 1. The summed E-state index contributed by atoms with van der Waals surface area (Å²) in [5.74, 6) is -3.37. The van der Waals surface area contributed by atoms with Gasteiger partial charge >= 0.3 is 6.18 Å². The lowest BCUT2D eigenvalue weighted by Gasteiger charge is -2.20. The highest BCUT2D eigenvalue weighted by atomic mass is 32.2. The van der Waals surface area contributed by atoms with Gasteiger partial charge in [0.2, 0.25) is 0 Å². The van der Waals surface area contributed by atoms with Crippen molar-refractivity contribution in [3.63, 3.8) is 0 Å². The maximum atomic E-state index is 14.2. The van der Waals surface area contributed by atoms with Crippen LogP contribution in [0.5, 0.6) is 5.75 Å². The number of nitrogens with zero attached hydrogens (tertiary/aromatic N) is 4. The number of carbonyl (C=O) groups excluding carboxylic acids is 1. The number of fused-ring (bicyclic) bond motifs is 1. The van der Waals surface area contributed by atoms with Crippen LogP contribution in [0, 0.1) is 5.82 Å². The Morgan fingerprint density at radius 2 is 1.92 bits per heavy atom. The molecule has 2 aromatic carbocycles. The Hall–Kier alpha value is -4.27. The number of aromatic hydroxyl groups is 1. The first-order valence-electron chi connectivity index (χ1n) is 10.9. The standard InChI is InChI=1S/C23H21F4N7O3S/c1-34(38(2)37)15-6-4-3-5-11(15)10-29-21-17-18(19(28)36)32-33-22(17)31-20(30-21)13-8-14(24)16(35)7-12(13)9-23(25,26)27/h3-8,35H,9-10H2,1-2H3,(H2,28,36)(H2,29,30,31,32,33). The number of para-hydroxylation sites is 1. The van der Waals surface area contributed by atoms with E-state index in [0.29, 0.717) is 23.4 Å². The molecular formula is C23H21F4N7O3S. The van der Waals surface area contributed by atoms with Crippen molar-refractivity contribution in [2.24, 2.45) is 5.73 Å². The molecule has 0 radical (unpaired) electrons. The third-order valence-electron chi connectivity index (χ3n) is 5.63. The fourth-order valence-electron chi connectivity index (χ4n) is 3.81. The summed E-state index contributed by atoms with van der Waals surface area (Å²) >= 11 is 0. The lowest BCUT2D eigenvalue weighted by Crippen LogP contribution is -2.21. The number of hydrogen-bond acceptors (Lipinski definition) is 7. The molecule has 2 heterocycles. The smallest absolute Gasteiger partial charge is 0.393 e. The van der Waals surface area contributed by atoms with E-state index >= 15 is 0 Å². The van der Waals surface area contributed by atoms with Gasteiger partial charge in [0.1, 0.15) is 22.5 Å². The van der Waals surface area contributed by atoms with Crippen LogP contribution in [0.15, 0.2) is 36.4 Å². The zero-order chi connectivity index (χ0) is 27.8. The molecule has 0 saturated heterocycles. The molecule has 0 aliphatic carbocycles. The van der Waals surface area contributed by atoms with E-state index in [1.165, 1.54) is 10.6 Å². The zero-order valence-electron chi connectivity index (χ0n) is 19.9. The van der Waals surface area contributed by atoms with Gasteiger partial charge in [-0.15, -0.1) is 0 Å². The Bertz CT molecular complexity index is 1560. The second-order valence-electron chi connectivity index (χ2n) is 8.21. The van der Waals surface area contributed by atoms with Crippen LogP contribution in [0.3, 0.4) is 0 Å². The number of nitrogens with two attached hydrogens (primary N) is 1. The SMILES string of the molecule is CN(c1ccccc1CNc1nc(-c2cc(F)c(O)cc2CC(F)(F)F)nc2n[nH]c(C(N)=O)c12)S(C)=O. The predicted molar refractivity (Wildman–Crippen MR) is 133 cm³/mol. The number of hydrogen-bond donors (Lipinski definition) is 4. The number of amides is 1. The first-order chi connectivity index (χ1) is 17.9. The Morgan fingerprint density at radius 1 is 1.21 bits per heavy atom. The quantitative estimate of drug-likeness (QED) is 0.245. The third kappa shape index (κ3) is 5.51. The van der Waals surface area contributed by atoms with Gasteiger partial charge in [-0.1, -0.05) is 18.2 Å². The zero-order valence-corrected chi connectivity index (χ0v) is 20.7. The predicted octanol–water partition coefficient (Wildman–Crippen LogP) is 3.41. The molecule has 1 amide bonds. The van der Waals surface area contributed by atoms with Gasteiger partial charge in [-0.25, -0.2) is 18.6 Å². The van der Waals surface area contributed by atoms with Gasteiger partial charge in [-0.3, -0.25) is 14.2 Å². The molecule has 4 aromatic rings. The summed E-state index contributed by atoms with van der Waals surface area (Å²) in [6.07, 6.45) is -4.66. The van der Waals surface area contributed by atoms with Gasteiger partial charge < -0.3 is 16.2 Å². The minimum absolute atomic E-state index is 0.0194. The number of phenolic OH excluding ortho intramolecular Hbond substituents is 1. The molecule has 2 aromatic heterocycles. The number of alkyl halides is 3. The van der Waals surface area contributed by atoms with E-state index < -0.39 is 46.6 Å². The fraction of sp³-hybridized carbons (Fsp3) is 0.217. The van der Waals surface area contributed by atoms with Gasteiger partial charge in [0.05, 0.1) is 17.5 Å². The molecule has 200 valence electrons. The van der Waals surface area contributed by atoms with Gasteiger partial charge in [0, 0.05) is 25.4 Å². The number of aromatic nitrogens is 4. The van der Waals surface area contributed by atoms with E-state index in [2.05, 4.69) is 25.5 Å². The summed E-state index contributed by atoms with van der Waals surface area (Å²) in [6, 6.07) is 8.37. The van der Waals surface area contributed by atoms with E-state index in [1.54, 1.807) is 31.3 Å². The molecular weight excluding hydrogens is 530 g/mol. The minimum Gasteiger partial charge on any atom is -0.505 e. The van der Waals surface area contributed by atoms with Crippen molar-refractivity contribution in [2.75, 3.05) is 22.9 Å². The summed E-state index contributed by atoms with van der Waals surface area (Å²) in [5.41, 5.74) is 5.69. The highest BCUT2D eigenvalue weighted by Gasteiger charge is 2.31. The average Bonchev–Trinajstić information content (AvgIpc) is 3.28. The van der Waals surface area contributed by atoms with Crippen molar-refractivity contribution in [1.29, 1.82) is 0 Å². The van der Waals surface area contributed by atoms with Gasteiger partial charge in [-0.05, 0) is 29.3 Å². The van der Waals surface area contributed by atoms with Crippen molar-refractivity contribution in [3.8, 4) is 17.1 Å². The molecule has 0 spiro atoms. The van der Waals surface area contributed by atoms with Crippen molar-refractivity contribution in [1.82, 2.24) is 20.2 Å². The number of benzene rings is 2. The third-order valence-corrected chi connectivity index (χ3v) is 6.60. The number of rotatable bonds is 8. The van der Waals surface area contributed by atoms with Crippen LogP contribution in [0.4, 0.5) is 29.1 Å². The van der Waals surface area contributed by atoms with E-state index in [-0.39, 0.29) is 40.5 Å². The van der Waals surface area contributed by atoms with E-state index in [9.17, 15) is 31.7 Å². The second kappa shape index (κ2) is 10.2. The maximum absolute atomic E-state index is 14.2. The van der Waals surface area contributed by atoms with Crippen molar-refractivity contribution in [2.45, 2.75) is 19.1 Å². The van der Waals surface area contributed by atoms with Gasteiger partial charge in [-0.2, -0.15) is 18.3 Å². The number of anilines is 2. The molecule has 15 heteroatoms. The molecule has 4 rings (SSSR count). The van der Waals surface area contributed by atoms with Crippen LogP contribution in [-0.2, 0) is 24.0 Å². The molecule has 0 fully saturated rings. The lowest BCUT2D eigenvalue weighted by molar-refractivity contribution is -0.127. The van der Waals surface area contributed by atoms with Crippen molar-refractivity contribution in [3.05, 3.63) is 59.0 Å². The number of nitrogens with one attached hydrogen (secondary N) is 2. The van der Waals surface area contributed by atoms with Crippen LogP contribution < -0.4 is 15.4 Å². The van der Waals surface area contributed by atoms with Crippen LogP contribution >= 0.6 is 0 Å². The normalized spacial score (nSPS) is 12.5. The Labute approximate surface area is 215 Å². The van der Waals surface area contributed by atoms with Gasteiger partial charge in [0.25, 0.3) is 5.91 Å². The van der Waals surface area contributed by atoms with Crippen LogP contribution in [-0.4, -0.2) is 54.9 Å². The Kier molecular flexibility index (Phi) is 7.22. The molecule has 5 N–H and O–H groups in total. The fourth-order valence-corrected chi connectivity index (χ4v) is 4.27. The van der Waals surface area contributed by atoms with E-state index in [4.69, 9.17) is 5.73 Å². The molecule has 1 atom stereocenters. The molecule has 0 aliphatic heterocycles. The summed E-state index contributed by atoms with van der Waals surface area (Å²) in [5, 5.41) is 19.1. The van der Waals surface area contributed by atoms with Crippen molar-refractivity contribution < 1.29 is 31.7 Å². The highest BCUT2D eigenvalue weighted by molar-refractivity contribution is 7.85. The molecule has 10 nitrogen and oxygen atoms in total. The summed E-state index contributed by atoms with van der Waals surface area (Å²) in [6.45, 7) is 0.0754. The number of halogens is 4. The molecule has 0 saturated carbocycles. The summed E-state index contributed by atoms with van der Waals surface area (Å²) < 4.78 is 67.5. The lowest BCUT2D eigenvalue weighted by atomic mass is 10.0. The molecule has 1 unspecified atom stereocenters. The monoisotopic (exact) mass is 551 g/mol. The van der Waals surface area contributed by atoms with E-state index in [0.717, 1.165) is 0 Å². The molecule has 38 heavy (non-hydrogen) atoms. The Balaban J connectivity index is 1.86. The van der Waals surface area contributed by atoms with Crippen molar-refractivity contribution >= 4 is 39.4 Å². The first kappa shape index (κ1) is 26.8. The second-order valence-corrected chi connectivity index (χ2v) is 9.61. The van der Waals surface area contributed by atoms with Crippen LogP contribution in [0.25, 0.3) is 22.4 Å². The summed E-state index contributed by atoms with van der Waals surface area (Å²) in [7, 11) is 0.304. The van der Waals surface area contributed by atoms with Gasteiger partial charge in [0.15, 0.2) is 23.0 Å². The summed E-state index contributed by atoms with van der Waals surface area (Å²) in [4.78, 5) is 20.4. The minimum atomic E-state index is -4.68. The highest BCUT2D eigenvalue weighted by Crippen LogP contribution is 2.35. The number of H-pyrrole nitrogens is 1. The van der Waals surface area contributed by atoms with E-state index in [1.807, 2.05) is 0 Å². The maximum Gasteiger partial charge on any atom is 0.393 e. The number of phenols is 1. The topological polar surface area (TPSA) is 150 Å². The largest absolute Gasteiger partial charge is 0.505 e. The number of primary amides is 1. The van der Waals surface area contributed by atoms with Crippen LogP contribution in [0.2, 0.25) is 0 Å². The molecule has 0 bridgehead atoms. The average molecular weight is 552 g/mol.